The molecule has 0 aliphatic heterocycles. The number of hydrogen-bond acceptors (Lipinski definition) is 4. The van der Waals surface area contributed by atoms with Gasteiger partial charge in [0.25, 0.3) is 0 Å². The molecule has 13 heavy (non-hydrogen) atoms. The molecule has 0 radical (unpaired) electrons. The molecule has 0 amide bonds. The Hall–Kier alpha value is -0.420. The second-order valence-electron chi connectivity index (χ2n) is 2.99. The van der Waals surface area contributed by atoms with Crippen LogP contribution in [0, 0.1) is 0 Å². The van der Waals surface area contributed by atoms with Crippen molar-refractivity contribution in [3.8, 4) is 0 Å². The molecule has 0 atom stereocenters. The third-order valence-corrected chi connectivity index (χ3v) is 2.37. The molecular weight excluding hydrogens is 186 g/mol. The molecule has 5 heteroatoms. The maximum absolute atomic E-state index is 8.29. The van der Waals surface area contributed by atoms with Gasteiger partial charge in [-0.05, 0) is 26.3 Å². The lowest BCUT2D eigenvalue weighted by molar-refractivity contribution is 0.314. The van der Waals surface area contributed by atoms with E-state index >= 15 is 0 Å². The van der Waals surface area contributed by atoms with Crippen molar-refractivity contribution in [3.05, 3.63) is 0 Å². The second kappa shape index (κ2) is 8.19. The smallest absolute Gasteiger partial charge is 0.139 e. The van der Waals surface area contributed by atoms with Crippen molar-refractivity contribution in [2.24, 2.45) is 10.9 Å². The highest BCUT2D eigenvalue weighted by Gasteiger charge is 1.98. The van der Waals surface area contributed by atoms with Gasteiger partial charge < -0.3 is 15.8 Å². The monoisotopic (exact) mass is 205 g/mol. The highest BCUT2D eigenvalue weighted by atomic mass is 32.2. The van der Waals surface area contributed by atoms with Gasteiger partial charge >= 0.3 is 0 Å². The quantitative estimate of drug-likeness (QED) is 0.279. The van der Waals surface area contributed by atoms with Crippen LogP contribution in [0.4, 0.5) is 0 Å². The van der Waals surface area contributed by atoms with Crippen LogP contribution in [0.5, 0.6) is 0 Å². The molecule has 0 saturated heterocycles. The standard InChI is InChI=1S/C8H19N3OS/c1-11(6-7-13-2)5-3-4-8(9)10-12/h12H,3-7H2,1-2H3,(H2,9,10). The number of thioether (sulfide) groups is 1. The molecule has 0 aromatic heterocycles. The van der Waals surface area contributed by atoms with E-state index < -0.39 is 0 Å². The lowest BCUT2D eigenvalue weighted by Gasteiger charge is -2.14. The molecule has 78 valence electrons. The molecule has 0 saturated carbocycles. The van der Waals surface area contributed by atoms with Gasteiger partial charge in [0.2, 0.25) is 0 Å². The Morgan fingerprint density at radius 1 is 1.54 bits per heavy atom. The summed E-state index contributed by atoms with van der Waals surface area (Å²) in [6.45, 7) is 2.09. The minimum absolute atomic E-state index is 0.318. The lowest BCUT2D eigenvalue weighted by Crippen LogP contribution is -2.23. The summed E-state index contributed by atoms with van der Waals surface area (Å²) < 4.78 is 0. The van der Waals surface area contributed by atoms with Gasteiger partial charge in [0, 0.05) is 18.7 Å². The molecule has 0 heterocycles. The van der Waals surface area contributed by atoms with Crippen LogP contribution in [0.1, 0.15) is 12.8 Å². The zero-order valence-corrected chi connectivity index (χ0v) is 9.18. The fourth-order valence-corrected chi connectivity index (χ4v) is 1.43. The number of hydrogen-bond donors (Lipinski definition) is 2. The van der Waals surface area contributed by atoms with E-state index in [-0.39, 0.29) is 0 Å². The van der Waals surface area contributed by atoms with E-state index in [4.69, 9.17) is 10.9 Å². The van der Waals surface area contributed by atoms with Crippen molar-refractivity contribution >= 4 is 17.6 Å². The number of oxime groups is 1. The molecule has 0 unspecified atom stereocenters. The van der Waals surface area contributed by atoms with Gasteiger partial charge in [0.1, 0.15) is 5.84 Å². The fourth-order valence-electron chi connectivity index (χ4n) is 0.939. The Labute approximate surface area is 84.2 Å². The van der Waals surface area contributed by atoms with E-state index in [0.717, 1.165) is 25.3 Å². The van der Waals surface area contributed by atoms with E-state index in [2.05, 4.69) is 23.4 Å². The zero-order chi connectivity index (χ0) is 10.1. The van der Waals surface area contributed by atoms with Crippen molar-refractivity contribution in [2.45, 2.75) is 12.8 Å². The molecule has 0 spiro atoms. The van der Waals surface area contributed by atoms with Crippen LogP contribution in [-0.2, 0) is 0 Å². The molecule has 0 rings (SSSR count). The average Bonchev–Trinajstić information content (AvgIpc) is 2.14. The minimum Gasteiger partial charge on any atom is -0.409 e. The predicted molar refractivity (Wildman–Crippen MR) is 58.5 cm³/mol. The minimum atomic E-state index is 0.318. The van der Waals surface area contributed by atoms with E-state index in [9.17, 15) is 0 Å². The first-order chi connectivity index (χ1) is 6.20. The van der Waals surface area contributed by atoms with Crippen molar-refractivity contribution in [1.29, 1.82) is 0 Å². The van der Waals surface area contributed by atoms with Crippen LogP contribution >= 0.6 is 11.8 Å². The van der Waals surface area contributed by atoms with Crippen LogP contribution in [0.25, 0.3) is 0 Å². The van der Waals surface area contributed by atoms with E-state index in [1.165, 1.54) is 0 Å². The molecule has 0 aliphatic carbocycles. The van der Waals surface area contributed by atoms with E-state index in [0.29, 0.717) is 12.3 Å². The first-order valence-corrected chi connectivity index (χ1v) is 5.74. The topological polar surface area (TPSA) is 61.8 Å². The molecule has 0 aromatic carbocycles. The van der Waals surface area contributed by atoms with Crippen molar-refractivity contribution in [1.82, 2.24) is 4.90 Å². The summed E-state index contributed by atoms with van der Waals surface area (Å²) in [7, 11) is 2.09. The van der Waals surface area contributed by atoms with E-state index in [1.54, 1.807) is 0 Å². The number of nitrogens with zero attached hydrogens (tertiary/aromatic N) is 2. The summed E-state index contributed by atoms with van der Waals surface area (Å²) in [5, 5.41) is 11.2. The van der Waals surface area contributed by atoms with Crippen molar-refractivity contribution < 1.29 is 5.21 Å². The highest BCUT2D eigenvalue weighted by molar-refractivity contribution is 7.98. The molecule has 0 aromatic rings. The number of nitrogens with two attached hydrogens (primary N) is 1. The van der Waals surface area contributed by atoms with E-state index in [1.807, 2.05) is 11.8 Å². The third-order valence-electron chi connectivity index (χ3n) is 1.78. The Balaban J connectivity index is 3.31. The largest absolute Gasteiger partial charge is 0.409 e. The van der Waals surface area contributed by atoms with Crippen molar-refractivity contribution in [3.63, 3.8) is 0 Å². The Morgan fingerprint density at radius 2 is 2.23 bits per heavy atom. The zero-order valence-electron chi connectivity index (χ0n) is 8.36. The summed E-state index contributed by atoms with van der Waals surface area (Å²) in [5.41, 5.74) is 5.34. The SMILES string of the molecule is CSCCN(C)CCCC(N)=NO. The number of amidine groups is 1. The van der Waals surface area contributed by atoms with Gasteiger partial charge in [-0.2, -0.15) is 11.8 Å². The van der Waals surface area contributed by atoms with Crippen LogP contribution in [0.15, 0.2) is 5.16 Å². The van der Waals surface area contributed by atoms with Gasteiger partial charge in [0.05, 0.1) is 0 Å². The van der Waals surface area contributed by atoms with Crippen LogP contribution in [0.2, 0.25) is 0 Å². The maximum Gasteiger partial charge on any atom is 0.139 e. The summed E-state index contributed by atoms with van der Waals surface area (Å²) in [5.74, 6) is 1.47. The maximum atomic E-state index is 8.29. The first-order valence-electron chi connectivity index (χ1n) is 4.34. The molecule has 0 aliphatic rings. The van der Waals surface area contributed by atoms with Gasteiger partial charge in [0.15, 0.2) is 0 Å². The lowest BCUT2D eigenvalue weighted by atomic mass is 10.3. The first kappa shape index (κ1) is 12.6. The molecule has 0 bridgehead atoms. The summed E-state index contributed by atoms with van der Waals surface area (Å²) in [6.07, 6.45) is 3.71. The normalized spacial score (nSPS) is 12.4. The summed E-state index contributed by atoms with van der Waals surface area (Å²) in [6, 6.07) is 0. The Bertz CT molecular complexity index is 152. The summed E-state index contributed by atoms with van der Waals surface area (Å²) >= 11 is 1.84. The number of rotatable bonds is 7. The van der Waals surface area contributed by atoms with Gasteiger partial charge in [-0.15, -0.1) is 0 Å². The molecule has 4 nitrogen and oxygen atoms in total. The van der Waals surface area contributed by atoms with Gasteiger partial charge in [-0.3, -0.25) is 0 Å². The molecule has 0 fully saturated rings. The van der Waals surface area contributed by atoms with Gasteiger partial charge in [-0.1, -0.05) is 5.16 Å². The molecule has 3 N–H and O–H groups in total. The average molecular weight is 205 g/mol. The summed E-state index contributed by atoms with van der Waals surface area (Å²) in [4.78, 5) is 2.25. The second-order valence-corrected chi connectivity index (χ2v) is 3.98. The van der Waals surface area contributed by atoms with Crippen LogP contribution in [-0.4, -0.2) is 48.1 Å². The Kier molecular flexibility index (Phi) is 7.93. The van der Waals surface area contributed by atoms with Gasteiger partial charge in [-0.25, -0.2) is 0 Å². The predicted octanol–water partition coefficient (Wildman–Crippen LogP) is 0.808. The third kappa shape index (κ3) is 7.93. The molecular formula is C8H19N3OS. The van der Waals surface area contributed by atoms with Crippen molar-refractivity contribution in [2.75, 3.05) is 32.1 Å². The van der Waals surface area contributed by atoms with Crippen LogP contribution in [0.3, 0.4) is 0 Å². The Morgan fingerprint density at radius 3 is 2.77 bits per heavy atom. The van der Waals surface area contributed by atoms with Crippen LogP contribution < -0.4 is 5.73 Å². The highest BCUT2D eigenvalue weighted by Crippen LogP contribution is 1.96. The fraction of sp³-hybridized carbons (Fsp3) is 0.875.